The Morgan fingerprint density at radius 1 is 1.24 bits per heavy atom. The Balaban J connectivity index is 1.45. The Hall–Kier alpha value is -3.33. The smallest absolute Gasteiger partial charge is 0.257 e. The van der Waals surface area contributed by atoms with Crippen LogP contribution in [0.15, 0.2) is 42.5 Å². The van der Waals surface area contributed by atoms with E-state index >= 15 is 0 Å². The monoisotopic (exact) mass is 408 g/mol. The van der Waals surface area contributed by atoms with Gasteiger partial charge in [0.1, 0.15) is 12.4 Å². The van der Waals surface area contributed by atoms with Gasteiger partial charge in [0.2, 0.25) is 0 Å². The zero-order valence-corrected chi connectivity index (χ0v) is 17.1. The van der Waals surface area contributed by atoms with Crippen molar-refractivity contribution in [3.63, 3.8) is 0 Å². The summed E-state index contributed by atoms with van der Waals surface area (Å²) in [6.07, 6.45) is 0. The highest BCUT2D eigenvalue weighted by atomic mass is 32.1. The van der Waals surface area contributed by atoms with Crippen LogP contribution < -0.4 is 10.1 Å². The molecule has 2 aromatic carbocycles. The lowest BCUT2D eigenvalue weighted by Gasteiger charge is -2.10. The van der Waals surface area contributed by atoms with Crippen molar-refractivity contribution < 1.29 is 9.53 Å². The van der Waals surface area contributed by atoms with Crippen LogP contribution in [0.2, 0.25) is 0 Å². The first-order chi connectivity index (χ1) is 14.0. The maximum absolute atomic E-state index is 12.6. The van der Waals surface area contributed by atoms with E-state index in [4.69, 9.17) is 4.74 Å². The van der Waals surface area contributed by atoms with Crippen molar-refractivity contribution >= 4 is 32.6 Å². The van der Waals surface area contributed by atoms with E-state index in [1.54, 1.807) is 28.9 Å². The van der Waals surface area contributed by atoms with Gasteiger partial charge in [0.25, 0.3) is 5.91 Å². The van der Waals surface area contributed by atoms with Crippen molar-refractivity contribution in [1.29, 1.82) is 0 Å². The number of nitrogens with zero attached hydrogens (tertiary/aromatic N) is 5. The molecule has 8 nitrogen and oxygen atoms in total. The highest BCUT2D eigenvalue weighted by Gasteiger charge is 2.13. The maximum atomic E-state index is 12.6. The zero-order valence-electron chi connectivity index (χ0n) is 16.3. The van der Waals surface area contributed by atoms with Gasteiger partial charge in [-0.1, -0.05) is 23.5 Å². The number of carbonyl (C=O) groups is 1. The molecule has 2 heterocycles. The van der Waals surface area contributed by atoms with Crippen LogP contribution in [0, 0.1) is 6.92 Å². The van der Waals surface area contributed by atoms with Gasteiger partial charge in [-0.15, -0.1) is 5.10 Å². The van der Waals surface area contributed by atoms with Crippen LogP contribution in [-0.4, -0.2) is 31.1 Å². The molecule has 0 fully saturated rings. The number of tetrazole rings is 1. The van der Waals surface area contributed by atoms with Crippen molar-refractivity contribution in [3.05, 3.63) is 59.4 Å². The van der Waals surface area contributed by atoms with E-state index in [1.807, 2.05) is 32.9 Å². The molecule has 0 spiro atoms. The third-order valence-electron chi connectivity index (χ3n) is 4.28. The first-order valence-electron chi connectivity index (χ1n) is 9.18. The Kier molecular flexibility index (Phi) is 5.22. The van der Waals surface area contributed by atoms with Crippen LogP contribution in [0.4, 0.5) is 5.13 Å². The lowest BCUT2D eigenvalue weighted by molar-refractivity contribution is 0.102. The largest absolute Gasteiger partial charge is 0.486 e. The maximum Gasteiger partial charge on any atom is 0.257 e. The molecule has 1 amide bonds. The summed E-state index contributed by atoms with van der Waals surface area (Å²) >= 11 is 1.45. The fourth-order valence-corrected chi connectivity index (χ4v) is 3.80. The molecule has 0 aliphatic carbocycles. The van der Waals surface area contributed by atoms with Gasteiger partial charge < -0.3 is 4.74 Å². The Morgan fingerprint density at radius 2 is 2.10 bits per heavy atom. The molecule has 1 N–H and O–H groups in total. The second-order valence-electron chi connectivity index (χ2n) is 6.89. The SMILES string of the molecule is Cc1ccc2nc(NC(=O)c3cccc(OCc4nnnn4C(C)C)c3)sc2c1. The standard InChI is InChI=1S/C20H20N6O2S/c1-12(2)26-18(23-24-25-26)11-28-15-6-4-5-14(10-15)19(27)22-20-21-16-8-7-13(3)9-17(16)29-20/h4-10,12H,11H2,1-3H3,(H,21,22,27). The Labute approximate surface area is 171 Å². The first kappa shape index (κ1) is 19.0. The first-order valence-corrected chi connectivity index (χ1v) is 9.99. The van der Waals surface area contributed by atoms with Gasteiger partial charge in [-0.25, -0.2) is 9.67 Å². The van der Waals surface area contributed by atoms with Crippen LogP contribution in [0.3, 0.4) is 0 Å². The number of thiazole rings is 1. The number of benzene rings is 2. The molecule has 0 atom stereocenters. The molecule has 0 unspecified atom stereocenters. The van der Waals surface area contributed by atoms with Gasteiger partial charge in [0.15, 0.2) is 11.0 Å². The molecule has 0 saturated carbocycles. The molecule has 0 aliphatic rings. The topological polar surface area (TPSA) is 94.8 Å². The molecule has 0 radical (unpaired) electrons. The summed E-state index contributed by atoms with van der Waals surface area (Å²) < 4.78 is 8.53. The lowest BCUT2D eigenvalue weighted by atomic mass is 10.2. The highest BCUT2D eigenvalue weighted by Crippen LogP contribution is 2.27. The van der Waals surface area contributed by atoms with Gasteiger partial charge in [0.05, 0.1) is 16.3 Å². The quantitative estimate of drug-likeness (QED) is 0.518. The number of nitrogens with one attached hydrogen (secondary N) is 1. The number of anilines is 1. The molecule has 2 aromatic heterocycles. The number of amides is 1. The third-order valence-corrected chi connectivity index (χ3v) is 5.21. The summed E-state index contributed by atoms with van der Waals surface area (Å²) in [6.45, 7) is 6.23. The average Bonchev–Trinajstić information content (AvgIpc) is 3.32. The summed E-state index contributed by atoms with van der Waals surface area (Å²) in [7, 11) is 0. The van der Waals surface area contributed by atoms with Crippen molar-refractivity contribution in [2.75, 3.05) is 5.32 Å². The second kappa shape index (κ2) is 7.96. The lowest BCUT2D eigenvalue weighted by Crippen LogP contribution is -2.12. The third kappa shape index (κ3) is 4.24. The summed E-state index contributed by atoms with van der Waals surface area (Å²) in [6, 6.07) is 13.1. The fraction of sp³-hybridized carbons (Fsp3) is 0.250. The normalized spacial score (nSPS) is 11.2. The molecule has 9 heteroatoms. The van der Waals surface area contributed by atoms with Crippen LogP contribution in [0.25, 0.3) is 10.2 Å². The molecule has 4 aromatic rings. The minimum atomic E-state index is -0.238. The molecule has 0 saturated heterocycles. The van der Waals surface area contributed by atoms with Crippen LogP contribution >= 0.6 is 11.3 Å². The molecule has 148 valence electrons. The Morgan fingerprint density at radius 3 is 2.93 bits per heavy atom. The van der Waals surface area contributed by atoms with Crippen molar-refractivity contribution in [3.8, 4) is 5.75 Å². The van der Waals surface area contributed by atoms with Gasteiger partial charge in [-0.2, -0.15) is 0 Å². The molecule has 4 rings (SSSR count). The minimum Gasteiger partial charge on any atom is -0.486 e. The predicted octanol–water partition coefficient (Wildman–Crippen LogP) is 4.00. The van der Waals surface area contributed by atoms with Crippen molar-refractivity contribution in [1.82, 2.24) is 25.2 Å². The number of hydrogen-bond acceptors (Lipinski definition) is 7. The minimum absolute atomic E-state index is 0.137. The van der Waals surface area contributed by atoms with Crippen LogP contribution in [0.1, 0.15) is 41.6 Å². The summed E-state index contributed by atoms with van der Waals surface area (Å²) in [5.41, 5.74) is 2.52. The van der Waals surface area contributed by atoms with E-state index < -0.39 is 0 Å². The predicted molar refractivity (Wildman–Crippen MR) is 111 cm³/mol. The van der Waals surface area contributed by atoms with Gasteiger partial charge in [-0.05, 0) is 67.1 Å². The van der Waals surface area contributed by atoms with Gasteiger partial charge in [0, 0.05) is 5.56 Å². The Bertz CT molecular complexity index is 1170. The van der Waals surface area contributed by atoms with E-state index in [-0.39, 0.29) is 18.6 Å². The number of carbonyl (C=O) groups excluding carboxylic acids is 1. The number of hydrogen-bond donors (Lipinski definition) is 1. The summed E-state index contributed by atoms with van der Waals surface area (Å²) in [4.78, 5) is 17.1. The zero-order chi connectivity index (χ0) is 20.4. The molecule has 0 bridgehead atoms. The molecule has 0 aliphatic heterocycles. The van der Waals surface area contributed by atoms with Gasteiger partial charge >= 0.3 is 0 Å². The number of rotatable bonds is 6. The second-order valence-corrected chi connectivity index (χ2v) is 7.92. The van der Waals surface area contributed by atoms with Crippen molar-refractivity contribution in [2.45, 2.75) is 33.4 Å². The average molecular weight is 408 g/mol. The van der Waals surface area contributed by atoms with E-state index in [1.165, 1.54) is 11.3 Å². The summed E-state index contributed by atoms with van der Waals surface area (Å²) in [5, 5.41) is 15.0. The van der Waals surface area contributed by atoms with E-state index in [2.05, 4.69) is 31.9 Å². The van der Waals surface area contributed by atoms with Crippen LogP contribution in [0.5, 0.6) is 5.75 Å². The summed E-state index contributed by atoms with van der Waals surface area (Å²) in [5.74, 6) is 0.953. The van der Waals surface area contributed by atoms with E-state index in [0.29, 0.717) is 22.3 Å². The van der Waals surface area contributed by atoms with Crippen LogP contribution in [-0.2, 0) is 6.61 Å². The number of ether oxygens (including phenoxy) is 1. The fourth-order valence-electron chi connectivity index (χ4n) is 2.84. The molecule has 29 heavy (non-hydrogen) atoms. The van der Waals surface area contributed by atoms with Crippen molar-refractivity contribution in [2.24, 2.45) is 0 Å². The number of aryl methyl sites for hydroxylation is 1. The number of fused-ring (bicyclic) bond motifs is 1. The van der Waals surface area contributed by atoms with E-state index in [9.17, 15) is 4.79 Å². The highest BCUT2D eigenvalue weighted by molar-refractivity contribution is 7.22. The van der Waals surface area contributed by atoms with Gasteiger partial charge in [-0.3, -0.25) is 10.1 Å². The van der Waals surface area contributed by atoms with E-state index in [0.717, 1.165) is 15.8 Å². The number of aromatic nitrogens is 5. The molecular formula is C20H20N6O2S. The molecular weight excluding hydrogens is 388 g/mol.